The van der Waals surface area contributed by atoms with E-state index in [4.69, 9.17) is 21.6 Å². The molecule has 156 valence electrons. The molecule has 0 radical (unpaired) electrons. The Morgan fingerprint density at radius 2 is 2.00 bits per heavy atom. The lowest BCUT2D eigenvalue weighted by molar-refractivity contribution is -0.121. The van der Waals surface area contributed by atoms with Gasteiger partial charge in [0.2, 0.25) is 0 Å². The molecule has 1 aliphatic heterocycles. The van der Waals surface area contributed by atoms with Gasteiger partial charge in [-0.2, -0.15) is 5.26 Å². The van der Waals surface area contributed by atoms with E-state index in [1.54, 1.807) is 30.3 Å². The van der Waals surface area contributed by atoms with E-state index in [-0.39, 0.29) is 18.7 Å². The van der Waals surface area contributed by atoms with Crippen molar-refractivity contribution < 1.29 is 14.3 Å². The Hall–Kier alpha value is -3.18. The van der Waals surface area contributed by atoms with Crippen LogP contribution in [0.15, 0.2) is 30.3 Å². The van der Waals surface area contributed by atoms with Gasteiger partial charge in [-0.1, -0.05) is 11.6 Å². The number of nitrogens with zero attached hydrogens (tertiary/aromatic N) is 5. The summed E-state index contributed by atoms with van der Waals surface area (Å²) in [5, 5.41) is 17.5. The molecule has 1 saturated heterocycles. The molecule has 1 fully saturated rings. The van der Waals surface area contributed by atoms with Gasteiger partial charge in [-0.15, -0.1) is 10.2 Å². The SMILES string of the molecule is Cc1cc(N(CCC#N)C(=O)COC(=O)c2ccc(N3CCCC3)nn2)ccc1Cl. The lowest BCUT2D eigenvalue weighted by Gasteiger charge is -2.22. The Balaban J connectivity index is 1.63. The highest BCUT2D eigenvalue weighted by atomic mass is 35.5. The molecule has 1 amide bonds. The van der Waals surface area contributed by atoms with Crippen molar-refractivity contribution in [2.24, 2.45) is 0 Å². The van der Waals surface area contributed by atoms with Crippen LogP contribution in [0.1, 0.15) is 35.3 Å². The van der Waals surface area contributed by atoms with Gasteiger partial charge in [0.15, 0.2) is 18.1 Å². The summed E-state index contributed by atoms with van der Waals surface area (Å²) in [6, 6.07) is 10.4. The van der Waals surface area contributed by atoms with Crippen LogP contribution in [0.5, 0.6) is 0 Å². The fourth-order valence-electron chi connectivity index (χ4n) is 3.18. The van der Waals surface area contributed by atoms with E-state index in [0.29, 0.717) is 10.7 Å². The van der Waals surface area contributed by atoms with Crippen LogP contribution in [0.4, 0.5) is 11.5 Å². The summed E-state index contributed by atoms with van der Waals surface area (Å²) in [4.78, 5) is 28.5. The molecule has 30 heavy (non-hydrogen) atoms. The number of hydrogen-bond acceptors (Lipinski definition) is 7. The van der Waals surface area contributed by atoms with Gasteiger partial charge in [0.05, 0.1) is 12.5 Å². The largest absolute Gasteiger partial charge is 0.451 e. The van der Waals surface area contributed by atoms with E-state index >= 15 is 0 Å². The number of nitriles is 1. The molecular weight excluding hydrogens is 406 g/mol. The van der Waals surface area contributed by atoms with E-state index in [0.717, 1.165) is 37.3 Å². The van der Waals surface area contributed by atoms with E-state index in [1.165, 1.54) is 4.90 Å². The van der Waals surface area contributed by atoms with Gasteiger partial charge >= 0.3 is 5.97 Å². The average molecular weight is 428 g/mol. The molecular formula is C21H22ClN5O3. The molecule has 0 bridgehead atoms. The number of anilines is 2. The van der Waals surface area contributed by atoms with Crippen molar-refractivity contribution in [3.8, 4) is 6.07 Å². The molecule has 0 spiro atoms. The molecule has 0 unspecified atom stereocenters. The fourth-order valence-corrected chi connectivity index (χ4v) is 3.30. The van der Waals surface area contributed by atoms with E-state index in [9.17, 15) is 9.59 Å². The molecule has 0 saturated carbocycles. The summed E-state index contributed by atoms with van der Waals surface area (Å²) in [5.41, 5.74) is 1.42. The normalized spacial score (nSPS) is 13.0. The van der Waals surface area contributed by atoms with Crippen LogP contribution in [0.2, 0.25) is 5.02 Å². The molecule has 0 atom stereocenters. The number of amides is 1. The summed E-state index contributed by atoms with van der Waals surface area (Å²) < 4.78 is 5.14. The fraction of sp³-hybridized carbons (Fsp3) is 0.381. The minimum absolute atomic E-state index is 0.0386. The van der Waals surface area contributed by atoms with Crippen molar-refractivity contribution in [1.29, 1.82) is 5.26 Å². The number of carbonyl (C=O) groups is 2. The van der Waals surface area contributed by atoms with Gasteiger partial charge in [-0.3, -0.25) is 4.79 Å². The number of rotatable bonds is 7. The first-order valence-electron chi connectivity index (χ1n) is 9.69. The predicted octanol–water partition coefficient (Wildman–Crippen LogP) is 3.14. The van der Waals surface area contributed by atoms with Crippen molar-refractivity contribution in [3.05, 3.63) is 46.6 Å². The van der Waals surface area contributed by atoms with Crippen LogP contribution in [-0.4, -0.2) is 48.3 Å². The monoisotopic (exact) mass is 427 g/mol. The number of halogens is 1. The number of aromatic nitrogens is 2. The third-order valence-electron chi connectivity index (χ3n) is 4.82. The maximum atomic E-state index is 12.7. The van der Waals surface area contributed by atoms with Crippen LogP contribution >= 0.6 is 11.6 Å². The van der Waals surface area contributed by atoms with Crippen molar-refractivity contribution in [3.63, 3.8) is 0 Å². The molecule has 0 aliphatic carbocycles. The Labute approximate surface area is 180 Å². The second-order valence-electron chi connectivity index (χ2n) is 6.93. The van der Waals surface area contributed by atoms with E-state index in [1.807, 2.05) is 13.0 Å². The summed E-state index contributed by atoms with van der Waals surface area (Å²) in [7, 11) is 0. The van der Waals surface area contributed by atoms with Gasteiger partial charge in [0, 0.05) is 30.3 Å². The van der Waals surface area contributed by atoms with Crippen molar-refractivity contribution in [2.75, 3.05) is 36.0 Å². The molecule has 1 aromatic heterocycles. The number of hydrogen-bond donors (Lipinski definition) is 0. The molecule has 0 N–H and O–H groups in total. The van der Waals surface area contributed by atoms with E-state index in [2.05, 4.69) is 15.1 Å². The number of ether oxygens (including phenoxy) is 1. The molecule has 1 aromatic carbocycles. The highest BCUT2D eigenvalue weighted by Gasteiger charge is 2.20. The molecule has 8 nitrogen and oxygen atoms in total. The number of carbonyl (C=O) groups excluding carboxylic acids is 2. The summed E-state index contributed by atoms with van der Waals surface area (Å²) >= 11 is 6.05. The summed E-state index contributed by atoms with van der Waals surface area (Å²) in [6.45, 7) is 3.38. The zero-order valence-electron chi connectivity index (χ0n) is 16.7. The molecule has 9 heteroatoms. The first-order valence-corrected chi connectivity index (χ1v) is 10.1. The maximum absolute atomic E-state index is 12.7. The van der Waals surface area contributed by atoms with E-state index < -0.39 is 18.5 Å². The van der Waals surface area contributed by atoms with Gasteiger partial charge in [-0.25, -0.2) is 4.79 Å². The Kier molecular flexibility index (Phi) is 7.20. The van der Waals surface area contributed by atoms with Crippen molar-refractivity contribution in [1.82, 2.24) is 10.2 Å². The second-order valence-corrected chi connectivity index (χ2v) is 7.34. The van der Waals surface area contributed by atoms with Crippen molar-refractivity contribution >= 4 is 35.0 Å². The van der Waals surface area contributed by atoms with Gasteiger partial charge in [0.1, 0.15) is 0 Å². The number of aryl methyl sites for hydroxylation is 1. The first-order chi connectivity index (χ1) is 14.5. The van der Waals surface area contributed by atoms with Crippen LogP contribution in [0.25, 0.3) is 0 Å². The standard InChI is InChI=1S/C21H22ClN5O3/c1-15-13-16(5-6-17(15)22)27(12-4-9-23)20(28)14-30-21(29)18-7-8-19(25-24-18)26-10-2-3-11-26/h5-8,13H,2-4,10-12,14H2,1H3. The topological polar surface area (TPSA) is 99.4 Å². The van der Waals surface area contributed by atoms with Crippen LogP contribution in [0, 0.1) is 18.3 Å². The lowest BCUT2D eigenvalue weighted by Crippen LogP contribution is -2.35. The summed E-state index contributed by atoms with van der Waals surface area (Å²) in [6.07, 6.45) is 2.37. The zero-order valence-corrected chi connectivity index (χ0v) is 17.4. The minimum Gasteiger partial charge on any atom is -0.451 e. The number of esters is 1. The predicted molar refractivity (Wildman–Crippen MR) is 113 cm³/mol. The molecule has 3 rings (SSSR count). The molecule has 2 aromatic rings. The first kappa shape index (κ1) is 21.5. The zero-order chi connectivity index (χ0) is 21.5. The minimum atomic E-state index is -0.726. The highest BCUT2D eigenvalue weighted by Crippen LogP contribution is 2.23. The van der Waals surface area contributed by atoms with Crippen LogP contribution in [0.3, 0.4) is 0 Å². The van der Waals surface area contributed by atoms with Gasteiger partial charge in [0.25, 0.3) is 5.91 Å². The third kappa shape index (κ3) is 5.24. The maximum Gasteiger partial charge on any atom is 0.359 e. The Bertz CT molecular complexity index is 952. The van der Waals surface area contributed by atoms with Crippen LogP contribution < -0.4 is 9.80 Å². The smallest absolute Gasteiger partial charge is 0.359 e. The van der Waals surface area contributed by atoms with Crippen molar-refractivity contribution in [2.45, 2.75) is 26.2 Å². The average Bonchev–Trinajstić information content (AvgIpc) is 3.29. The molecule has 2 heterocycles. The lowest BCUT2D eigenvalue weighted by atomic mass is 10.2. The Morgan fingerprint density at radius 1 is 1.23 bits per heavy atom. The summed E-state index contributed by atoms with van der Waals surface area (Å²) in [5.74, 6) is -0.445. The number of benzene rings is 1. The van der Waals surface area contributed by atoms with Gasteiger partial charge < -0.3 is 14.5 Å². The molecule has 1 aliphatic rings. The highest BCUT2D eigenvalue weighted by molar-refractivity contribution is 6.31. The second kappa shape index (κ2) is 10.0. The van der Waals surface area contributed by atoms with Crippen LogP contribution in [-0.2, 0) is 9.53 Å². The quantitative estimate of drug-likeness (QED) is 0.625. The van der Waals surface area contributed by atoms with Gasteiger partial charge in [-0.05, 0) is 55.7 Å². The Morgan fingerprint density at radius 3 is 2.63 bits per heavy atom. The third-order valence-corrected chi connectivity index (χ3v) is 5.24.